The molecule has 0 aliphatic carbocycles. The fourth-order valence-electron chi connectivity index (χ4n) is 5.55. The van der Waals surface area contributed by atoms with Crippen LogP contribution in [0.15, 0.2) is 41.3 Å². The quantitative estimate of drug-likeness (QED) is 0.256. The Morgan fingerprint density at radius 3 is 2.40 bits per heavy atom. The van der Waals surface area contributed by atoms with Crippen LogP contribution in [0.2, 0.25) is 0 Å². The van der Waals surface area contributed by atoms with Crippen LogP contribution in [-0.2, 0) is 4.74 Å². The summed E-state index contributed by atoms with van der Waals surface area (Å²) in [6.45, 7) is 9.74. The summed E-state index contributed by atoms with van der Waals surface area (Å²) in [5, 5.41) is 10.4. The molecule has 1 aromatic carbocycles. The summed E-state index contributed by atoms with van der Waals surface area (Å²) >= 11 is 0. The third-order valence-corrected chi connectivity index (χ3v) is 7.86. The smallest absolute Gasteiger partial charge is 0.410 e. The standard InChI is InChI=1S/C32H33F5N6O4/c1-16-10-11-38-24(18(3)32(35,36)37)26(16)43-28-19(14-21(34)25(39-28)23-20(33)8-7-9-22(23)44)27(40-29(43)45)42-13-12-41(15-17(42)2)30(46)47-31(4,5)6/h7-11,14,17-18,44H,12-13,15H2,1-6H3/t17-,18?/m0/s1. The lowest BCUT2D eigenvalue weighted by Gasteiger charge is -2.41. The van der Waals surface area contributed by atoms with Crippen LogP contribution in [0.4, 0.5) is 32.6 Å². The van der Waals surface area contributed by atoms with Gasteiger partial charge in [0.2, 0.25) is 0 Å². The number of nitrogens with zero attached hydrogens (tertiary/aromatic N) is 6. The Bertz CT molecular complexity index is 1900. The Morgan fingerprint density at radius 1 is 1.09 bits per heavy atom. The molecule has 5 rings (SSSR count). The molecule has 3 aromatic heterocycles. The van der Waals surface area contributed by atoms with Crippen molar-refractivity contribution >= 4 is 22.9 Å². The molecule has 0 spiro atoms. The Balaban J connectivity index is 1.77. The number of aromatic nitrogens is 4. The maximum atomic E-state index is 15.9. The fourth-order valence-corrected chi connectivity index (χ4v) is 5.55. The van der Waals surface area contributed by atoms with E-state index >= 15 is 4.39 Å². The molecule has 15 heteroatoms. The van der Waals surface area contributed by atoms with E-state index in [9.17, 15) is 32.3 Å². The molecule has 10 nitrogen and oxygen atoms in total. The first-order valence-corrected chi connectivity index (χ1v) is 14.8. The van der Waals surface area contributed by atoms with Gasteiger partial charge in [-0.1, -0.05) is 6.07 Å². The molecule has 1 amide bonds. The monoisotopic (exact) mass is 660 g/mol. The molecule has 0 saturated carbocycles. The average molecular weight is 661 g/mol. The van der Waals surface area contributed by atoms with E-state index in [0.29, 0.717) is 0 Å². The fraction of sp³-hybridized carbons (Fsp3) is 0.406. The number of carbonyl (C=O) groups is 1. The second kappa shape index (κ2) is 12.1. The number of ether oxygens (including phenoxy) is 1. The van der Waals surface area contributed by atoms with E-state index in [4.69, 9.17) is 4.74 Å². The number of rotatable bonds is 4. The van der Waals surface area contributed by atoms with E-state index in [2.05, 4.69) is 15.0 Å². The van der Waals surface area contributed by atoms with Gasteiger partial charge in [-0.3, -0.25) is 4.98 Å². The number of piperazine rings is 1. The van der Waals surface area contributed by atoms with E-state index in [1.807, 2.05) is 0 Å². The van der Waals surface area contributed by atoms with Crippen molar-refractivity contribution in [2.75, 3.05) is 24.5 Å². The molecule has 1 fully saturated rings. The first-order chi connectivity index (χ1) is 21.9. The largest absolute Gasteiger partial charge is 0.507 e. The number of carbonyl (C=O) groups excluding carboxylic acids is 1. The highest BCUT2D eigenvalue weighted by Crippen LogP contribution is 2.39. The lowest BCUT2D eigenvalue weighted by molar-refractivity contribution is -0.147. The van der Waals surface area contributed by atoms with Crippen LogP contribution in [-0.4, -0.2) is 73.1 Å². The maximum Gasteiger partial charge on any atom is 0.410 e. The van der Waals surface area contributed by atoms with E-state index in [1.54, 1.807) is 32.6 Å². The first kappa shape index (κ1) is 33.5. The normalized spacial score (nSPS) is 16.4. The number of aryl methyl sites for hydroxylation is 1. The third kappa shape index (κ3) is 6.43. The van der Waals surface area contributed by atoms with Crippen LogP contribution in [0.5, 0.6) is 5.75 Å². The number of pyridine rings is 2. The van der Waals surface area contributed by atoms with Gasteiger partial charge in [0, 0.05) is 31.9 Å². The van der Waals surface area contributed by atoms with E-state index in [-0.39, 0.29) is 47.7 Å². The molecule has 1 N–H and O–H groups in total. The summed E-state index contributed by atoms with van der Waals surface area (Å²) in [5.41, 5.74) is -3.96. The molecule has 0 bridgehead atoms. The molecule has 1 unspecified atom stereocenters. The molecule has 1 aliphatic heterocycles. The van der Waals surface area contributed by atoms with Crippen LogP contribution >= 0.6 is 0 Å². The summed E-state index contributed by atoms with van der Waals surface area (Å²) in [5.74, 6) is -4.92. The second-order valence-electron chi connectivity index (χ2n) is 12.5. The van der Waals surface area contributed by atoms with Crippen LogP contribution in [0.25, 0.3) is 28.0 Å². The second-order valence-corrected chi connectivity index (χ2v) is 12.5. The van der Waals surface area contributed by atoms with Crippen molar-refractivity contribution in [2.45, 2.75) is 65.3 Å². The van der Waals surface area contributed by atoms with Gasteiger partial charge in [-0.25, -0.2) is 27.9 Å². The number of halogens is 5. The summed E-state index contributed by atoms with van der Waals surface area (Å²) in [6.07, 6.45) is -4.11. The van der Waals surface area contributed by atoms with Crippen molar-refractivity contribution < 1.29 is 36.6 Å². The molecule has 47 heavy (non-hydrogen) atoms. The van der Waals surface area contributed by atoms with Crippen LogP contribution in [0.1, 0.15) is 51.8 Å². The van der Waals surface area contributed by atoms with Crippen LogP contribution in [0, 0.1) is 18.6 Å². The predicted octanol–water partition coefficient (Wildman–Crippen LogP) is 6.25. The van der Waals surface area contributed by atoms with Gasteiger partial charge in [-0.05, 0) is 71.4 Å². The van der Waals surface area contributed by atoms with Crippen molar-refractivity contribution in [1.82, 2.24) is 24.4 Å². The SMILES string of the molecule is Cc1ccnc(C(C)C(F)(F)F)c1-n1c(=O)nc(N2CCN(C(=O)OC(C)(C)C)C[C@@H]2C)c2cc(F)c(-c3c(O)cccc3F)nc21. The van der Waals surface area contributed by atoms with Crippen molar-refractivity contribution in [3.8, 4) is 22.7 Å². The van der Waals surface area contributed by atoms with Crippen molar-refractivity contribution in [3.05, 3.63) is 69.9 Å². The van der Waals surface area contributed by atoms with Crippen molar-refractivity contribution in [2.24, 2.45) is 0 Å². The maximum absolute atomic E-state index is 15.9. The molecule has 4 heterocycles. The van der Waals surface area contributed by atoms with Crippen LogP contribution < -0.4 is 10.6 Å². The van der Waals surface area contributed by atoms with Gasteiger partial charge in [0.1, 0.15) is 28.7 Å². The zero-order valence-electron chi connectivity index (χ0n) is 26.5. The molecule has 4 aromatic rings. The minimum absolute atomic E-state index is 0.0414. The zero-order chi connectivity index (χ0) is 34.6. The van der Waals surface area contributed by atoms with Gasteiger partial charge in [-0.15, -0.1) is 0 Å². The van der Waals surface area contributed by atoms with Gasteiger partial charge in [0.15, 0.2) is 11.5 Å². The van der Waals surface area contributed by atoms with Crippen LogP contribution in [0.3, 0.4) is 0 Å². The predicted molar refractivity (Wildman–Crippen MR) is 164 cm³/mol. The van der Waals surface area contributed by atoms with Gasteiger partial charge in [0.05, 0.1) is 28.2 Å². The lowest BCUT2D eigenvalue weighted by atomic mass is 10.0. The summed E-state index contributed by atoms with van der Waals surface area (Å²) < 4.78 is 79.2. The van der Waals surface area contributed by atoms with Gasteiger partial charge >= 0.3 is 18.0 Å². The molecule has 0 radical (unpaired) electrons. The molecule has 1 aliphatic rings. The number of aromatic hydroxyl groups is 1. The highest BCUT2D eigenvalue weighted by molar-refractivity contribution is 5.91. The van der Waals surface area contributed by atoms with E-state index < -0.39 is 69.9 Å². The highest BCUT2D eigenvalue weighted by Gasteiger charge is 2.41. The number of anilines is 1. The molecule has 1 saturated heterocycles. The molecule has 2 atom stereocenters. The summed E-state index contributed by atoms with van der Waals surface area (Å²) in [4.78, 5) is 42.3. The number of hydrogen-bond donors (Lipinski definition) is 1. The number of fused-ring (bicyclic) bond motifs is 1. The Morgan fingerprint density at radius 2 is 1.79 bits per heavy atom. The minimum Gasteiger partial charge on any atom is -0.507 e. The molecular weight excluding hydrogens is 627 g/mol. The topological polar surface area (TPSA) is 114 Å². The average Bonchev–Trinajstić information content (AvgIpc) is 2.96. The van der Waals surface area contributed by atoms with Gasteiger partial charge in [0.25, 0.3) is 0 Å². The number of phenols is 1. The van der Waals surface area contributed by atoms with E-state index in [1.165, 1.54) is 30.2 Å². The Kier molecular flexibility index (Phi) is 8.62. The zero-order valence-corrected chi connectivity index (χ0v) is 26.5. The Labute approximate surface area is 266 Å². The Hall–Kier alpha value is -4.82. The van der Waals surface area contributed by atoms with Gasteiger partial charge in [-0.2, -0.15) is 18.2 Å². The van der Waals surface area contributed by atoms with Crippen molar-refractivity contribution in [3.63, 3.8) is 0 Å². The molecule has 250 valence electrons. The number of alkyl halides is 3. The lowest BCUT2D eigenvalue weighted by Crippen LogP contribution is -2.55. The minimum atomic E-state index is -4.74. The third-order valence-electron chi connectivity index (χ3n) is 7.86. The molecular formula is C32H33F5N6O4. The number of phenolic OH excluding ortho intramolecular Hbond substituents is 1. The number of hydrogen-bond acceptors (Lipinski definition) is 8. The highest BCUT2D eigenvalue weighted by atomic mass is 19.4. The van der Waals surface area contributed by atoms with E-state index in [0.717, 1.165) is 29.7 Å². The summed E-state index contributed by atoms with van der Waals surface area (Å²) in [7, 11) is 0. The number of amides is 1. The summed E-state index contributed by atoms with van der Waals surface area (Å²) in [6, 6.07) is 5.17. The number of benzene rings is 1. The van der Waals surface area contributed by atoms with Crippen molar-refractivity contribution in [1.29, 1.82) is 0 Å². The first-order valence-electron chi connectivity index (χ1n) is 14.8. The van der Waals surface area contributed by atoms with Gasteiger partial charge < -0.3 is 19.6 Å².